The van der Waals surface area contributed by atoms with E-state index in [9.17, 15) is 9.59 Å². The van der Waals surface area contributed by atoms with E-state index in [0.29, 0.717) is 22.8 Å². The van der Waals surface area contributed by atoms with Crippen LogP contribution in [0.25, 0.3) is 5.70 Å². The maximum Gasteiger partial charge on any atom is 0.414 e. The molecule has 130 valence electrons. The molecule has 0 aromatic heterocycles. The number of nitrogens with zero attached hydrogens (tertiary/aromatic N) is 1. The van der Waals surface area contributed by atoms with Crippen LogP contribution in [-0.4, -0.2) is 43.1 Å². The number of hydrogen-bond donors (Lipinski definition) is 0. The van der Waals surface area contributed by atoms with Crippen molar-refractivity contribution in [3.05, 3.63) is 29.8 Å². The highest BCUT2D eigenvalue weighted by Crippen LogP contribution is 2.31. The summed E-state index contributed by atoms with van der Waals surface area (Å²) >= 11 is 0. The average Bonchev–Trinajstić information content (AvgIpc) is 2.52. The lowest BCUT2D eigenvalue weighted by molar-refractivity contribution is -0.115. The molecule has 0 spiro atoms. The van der Waals surface area contributed by atoms with Gasteiger partial charge in [-0.25, -0.2) is 4.79 Å². The van der Waals surface area contributed by atoms with Crippen molar-refractivity contribution in [2.24, 2.45) is 0 Å². The average molecular weight is 333 g/mol. The third-order valence-electron chi connectivity index (χ3n) is 3.43. The molecule has 0 N–H and O–H groups in total. The van der Waals surface area contributed by atoms with E-state index in [1.54, 1.807) is 53.2 Å². The van der Waals surface area contributed by atoms with Gasteiger partial charge in [-0.3, -0.25) is 9.69 Å². The quantitative estimate of drug-likeness (QED) is 0.849. The van der Waals surface area contributed by atoms with Crippen molar-refractivity contribution in [1.29, 1.82) is 0 Å². The minimum atomic E-state index is -0.615. The van der Waals surface area contributed by atoms with Gasteiger partial charge in [0.25, 0.3) is 0 Å². The number of amides is 1. The number of methoxy groups -OCH3 is 2. The molecule has 6 heteroatoms. The van der Waals surface area contributed by atoms with Gasteiger partial charge in [-0.2, -0.15) is 0 Å². The number of benzene rings is 1. The molecule has 0 atom stereocenters. The molecule has 1 heterocycles. The molecule has 2 rings (SSSR count). The number of ketones is 1. The Morgan fingerprint density at radius 1 is 1.08 bits per heavy atom. The Balaban J connectivity index is 2.43. The monoisotopic (exact) mass is 333 g/mol. The third-order valence-corrected chi connectivity index (χ3v) is 3.43. The minimum absolute atomic E-state index is 0.0356. The second-order valence-corrected chi connectivity index (χ2v) is 6.48. The maximum atomic E-state index is 12.5. The van der Waals surface area contributed by atoms with Gasteiger partial charge in [0.1, 0.15) is 17.1 Å². The number of carbonyl (C=O) groups is 2. The number of rotatable bonds is 3. The molecule has 24 heavy (non-hydrogen) atoms. The van der Waals surface area contributed by atoms with Crippen molar-refractivity contribution < 1.29 is 23.8 Å². The Morgan fingerprint density at radius 3 is 2.17 bits per heavy atom. The predicted molar refractivity (Wildman–Crippen MR) is 90.1 cm³/mol. The van der Waals surface area contributed by atoms with E-state index in [1.807, 2.05) is 0 Å². The summed E-state index contributed by atoms with van der Waals surface area (Å²) in [4.78, 5) is 25.9. The van der Waals surface area contributed by atoms with Crippen LogP contribution in [0.1, 0.15) is 32.8 Å². The summed E-state index contributed by atoms with van der Waals surface area (Å²) in [5, 5.41) is 0. The highest BCUT2D eigenvalue weighted by molar-refractivity contribution is 6.01. The van der Waals surface area contributed by atoms with Gasteiger partial charge in [0, 0.05) is 30.7 Å². The summed E-state index contributed by atoms with van der Waals surface area (Å²) in [7, 11) is 3.09. The molecule has 1 amide bonds. The van der Waals surface area contributed by atoms with E-state index in [4.69, 9.17) is 14.2 Å². The van der Waals surface area contributed by atoms with E-state index < -0.39 is 11.7 Å². The second-order valence-electron chi connectivity index (χ2n) is 6.48. The zero-order chi connectivity index (χ0) is 17.9. The number of allylic oxidation sites excluding steroid dienone is 1. The van der Waals surface area contributed by atoms with E-state index in [2.05, 4.69) is 0 Å². The fraction of sp³-hybridized carbons (Fsp3) is 0.444. The van der Waals surface area contributed by atoms with Gasteiger partial charge in [-0.15, -0.1) is 0 Å². The molecule has 6 nitrogen and oxygen atoms in total. The van der Waals surface area contributed by atoms with Crippen LogP contribution in [0.15, 0.2) is 24.3 Å². The Morgan fingerprint density at radius 2 is 1.67 bits per heavy atom. The van der Waals surface area contributed by atoms with Crippen molar-refractivity contribution in [2.45, 2.75) is 32.8 Å². The van der Waals surface area contributed by atoms with Crippen LogP contribution < -0.4 is 9.47 Å². The highest BCUT2D eigenvalue weighted by Gasteiger charge is 2.29. The summed E-state index contributed by atoms with van der Waals surface area (Å²) < 4.78 is 16.0. The Labute approximate surface area is 142 Å². The molecule has 0 bridgehead atoms. The molecule has 1 aromatic rings. The first-order valence-corrected chi connectivity index (χ1v) is 7.72. The minimum Gasteiger partial charge on any atom is -0.497 e. The first-order valence-electron chi connectivity index (χ1n) is 7.72. The molecule has 1 aliphatic rings. The molecule has 1 aromatic carbocycles. The smallest absolute Gasteiger partial charge is 0.414 e. The van der Waals surface area contributed by atoms with Gasteiger partial charge in [0.05, 0.1) is 19.9 Å². The van der Waals surface area contributed by atoms with Gasteiger partial charge in [-0.05, 0) is 32.9 Å². The summed E-state index contributed by atoms with van der Waals surface area (Å²) in [6.45, 7) is 5.69. The molecule has 0 aliphatic carbocycles. The highest BCUT2D eigenvalue weighted by atomic mass is 16.6. The zero-order valence-corrected chi connectivity index (χ0v) is 14.7. The van der Waals surface area contributed by atoms with Crippen LogP contribution in [0.3, 0.4) is 0 Å². The van der Waals surface area contributed by atoms with Crippen molar-refractivity contribution in [3.8, 4) is 11.5 Å². The largest absolute Gasteiger partial charge is 0.497 e. The van der Waals surface area contributed by atoms with E-state index >= 15 is 0 Å². The lowest BCUT2D eigenvalue weighted by atomic mass is 10.0. The molecule has 0 unspecified atom stereocenters. The molecule has 0 saturated carbocycles. The van der Waals surface area contributed by atoms with Crippen molar-refractivity contribution in [1.82, 2.24) is 4.90 Å². The van der Waals surface area contributed by atoms with Gasteiger partial charge in [-0.1, -0.05) is 0 Å². The van der Waals surface area contributed by atoms with Crippen LogP contribution in [0, 0.1) is 0 Å². The van der Waals surface area contributed by atoms with E-state index in [0.717, 1.165) is 0 Å². The Bertz CT molecular complexity index is 650. The van der Waals surface area contributed by atoms with Gasteiger partial charge < -0.3 is 14.2 Å². The van der Waals surface area contributed by atoms with Gasteiger partial charge in [0.15, 0.2) is 5.78 Å². The fourth-order valence-corrected chi connectivity index (χ4v) is 2.35. The van der Waals surface area contributed by atoms with Gasteiger partial charge in [0.2, 0.25) is 0 Å². The second kappa shape index (κ2) is 6.95. The fourth-order valence-electron chi connectivity index (χ4n) is 2.35. The van der Waals surface area contributed by atoms with Crippen molar-refractivity contribution >= 4 is 17.6 Å². The van der Waals surface area contributed by atoms with Gasteiger partial charge >= 0.3 is 6.09 Å². The third kappa shape index (κ3) is 4.28. The summed E-state index contributed by atoms with van der Waals surface area (Å²) in [5.74, 6) is 1.12. The lowest BCUT2D eigenvalue weighted by Gasteiger charge is -2.31. The van der Waals surface area contributed by atoms with Crippen LogP contribution in [0.5, 0.6) is 11.5 Å². The topological polar surface area (TPSA) is 65.1 Å². The van der Waals surface area contributed by atoms with Crippen LogP contribution in [0.4, 0.5) is 4.79 Å². The number of carbonyl (C=O) groups excluding carboxylic acids is 2. The summed E-state index contributed by atoms with van der Waals surface area (Å²) in [6, 6.07) is 5.24. The zero-order valence-electron chi connectivity index (χ0n) is 14.7. The van der Waals surface area contributed by atoms with Crippen LogP contribution >= 0.6 is 0 Å². The Kier molecular flexibility index (Phi) is 5.17. The first-order chi connectivity index (χ1) is 11.2. The number of ether oxygens (including phenoxy) is 3. The maximum absolute atomic E-state index is 12.5. The van der Waals surface area contributed by atoms with Crippen LogP contribution in [0.2, 0.25) is 0 Å². The Hall–Kier alpha value is -2.50. The van der Waals surface area contributed by atoms with E-state index in [-0.39, 0.29) is 18.7 Å². The molecule has 1 aliphatic heterocycles. The summed E-state index contributed by atoms with van der Waals surface area (Å²) in [5.41, 5.74) is 0.526. The summed E-state index contributed by atoms with van der Waals surface area (Å²) in [6.07, 6.45) is 1.24. The molecule has 0 fully saturated rings. The number of hydrogen-bond acceptors (Lipinski definition) is 5. The predicted octanol–water partition coefficient (Wildman–Crippen LogP) is 3.25. The first kappa shape index (κ1) is 17.8. The van der Waals surface area contributed by atoms with Crippen molar-refractivity contribution in [2.75, 3.05) is 20.8 Å². The molecule has 0 radical (unpaired) electrons. The standard InChI is InChI=1S/C18H23NO5/c1-18(2,3)24-17(21)19-7-6-13(20)10-16(19)12-8-14(22-4)11-15(9-12)23-5/h8-11H,6-7H2,1-5H3. The van der Waals surface area contributed by atoms with Crippen LogP contribution in [-0.2, 0) is 9.53 Å². The van der Waals surface area contributed by atoms with Crippen molar-refractivity contribution in [3.63, 3.8) is 0 Å². The molecule has 0 saturated heterocycles. The normalized spacial score (nSPS) is 15.0. The SMILES string of the molecule is COc1cc(OC)cc(C2=CC(=O)CCN2C(=O)OC(C)(C)C)c1. The lowest BCUT2D eigenvalue weighted by Crippen LogP contribution is -2.39. The molecular weight excluding hydrogens is 310 g/mol. The van der Waals surface area contributed by atoms with E-state index in [1.165, 1.54) is 11.0 Å². The molecular formula is C18H23NO5.